The molecule has 0 spiro atoms. The summed E-state index contributed by atoms with van der Waals surface area (Å²) in [5.41, 5.74) is 0. The summed E-state index contributed by atoms with van der Waals surface area (Å²) in [5, 5.41) is 0. The third-order valence-corrected chi connectivity index (χ3v) is 6.56. The summed E-state index contributed by atoms with van der Waals surface area (Å²) >= 11 is 0. The van der Waals surface area contributed by atoms with Gasteiger partial charge in [0.15, 0.2) is 0 Å². The van der Waals surface area contributed by atoms with Crippen LogP contribution in [0.4, 0.5) is 0 Å². The summed E-state index contributed by atoms with van der Waals surface area (Å²) in [6, 6.07) is 9.21. The van der Waals surface area contributed by atoms with E-state index in [1.54, 1.807) is 28.6 Å². The van der Waals surface area contributed by atoms with Gasteiger partial charge >= 0.3 is 0 Å². The van der Waals surface area contributed by atoms with Gasteiger partial charge in [0.05, 0.1) is 4.90 Å². The number of hydrogen-bond acceptors (Lipinski definition) is 3. The smallest absolute Gasteiger partial charge is 0.243 e. The Balaban J connectivity index is 0.000000497. The summed E-state index contributed by atoms with van der Waals surface area (Å²) in [5.74, 6) is 0.550. The normalized spacial score (nSPS) is 28.6. The van der Waals surface area contributed by atoms with Crippen LogP contribution >= 0.6 is 0 Å². The van der Waals surface area contributed by atoms with Crippen molar-refractivity contribution in [2.24, 2.45) is 5.92 Å². The standard InChI is InChI=1S/C14H19NO2S.C2H4O/c1-11-12-7-9-13(10-8-12)15(11)18(16,17)14-5-3-2-4-6-14;1-2-3/h2-6,11-13H,7-10H2,1H3;2H,1H3. The average molecular weight is 309 g/mol. The molecule has 1 atom stereocenters. The summed E-state index contributed by atoms with van der Waals surface area (Å²) in [7, 11) is -3.31. The minimum Gasteiger partial charge on any atom is -0.304 e. The van der Waals surface area contributed by atoms with Crippen molar-refractivity contribution in [2.45, 2.75) is 56.5 Å². The zero-order valence-corrected chi connectivity index (χ0v) is 13.4. The van der Waals surface area contributed by atoms with Crippen molar-refractivity contribution in [1.29, 1.82) is 0 Å². The van der Waals surface area contributed by atoms with E-state index in [-0.39, 0.29) is 12.1 Å². The van der Waals surface area contributed by atoms with Gasteiger partial charge in [-0.3, -0.25) is 0 Å². The molecule has 3 fully saturated rings. The van der Waals surface area contributed by atoms with E-state index in [1.807, 2.05) is 6.07 Å². The van der Waals surface area contributed by atoms with E-state index < -0.39 is 10.0 Å². The van der Waals surface area contributed by atoms with E-state index in [9.17, 15) is 8.42 Å². The van der Waals surface area contributed by atoms with Crippen molar-refractivity contribution in [1.82, 2.24) is 4.31 Å². The Bertz CT molecular complexity index is 560. The maximum absolute atomic E-state index is 12.7. The maximum atomic E-state index is 12.7. The van der Waals surface area contributed by atoms with Crippen molar-refractivity contribution in [3.05, 3.63) is 30.3 Å². The third kappa shape index (κ3) is 3.19. The van der Waals surface area contributed by atoms with E-state index in [4.69, 9.17) is 4.79 Å². The first kappa shape index (κ1) is 16.2. The lowest BCUT2D eigenvalue weighted by Gasteiger charge is -2.49. The van der Waals surface area contributed by atoms with Crippen LogP contribution in [0.15, 0.2) is 35.2 Å². The van der Waals surface area contributed by atoms with Gasteiger partial charge in [-0.05, 0) is 57.6 Å². The van der Waals surface area contributed by atoms with E-state index in [1.165, 1.54) is 19.8 Å². The van der Waals surface area contributed by atoms with Crippen LogP contribution in [0.5, 0.6) is 0 Å². The van der Waals surface area contributed by atoms with Gasteiger partial charge < -0.3 is 4.79 Å². The van der Waals surface area contributed by atoms with Crippen LogP contribution in [0, 0.1) is 5.92 Å². The minimum atomic E-state index is -3.31. The van der Waals surface area contributed by atoms with Gasteiger partial charge in [0.25, 0.3) is 0 Å². The number of aldehydes is 1. The molecule has 0 amide bonds. The molecule has 2 heterocycles. The molecule has 2 bridgehead atoms. The Hall–Kier alpha value is -1.20. The summed E-state index contributed by atoms with van der Waals surface area (Å²) < 4.78 is 27.2. The second-order valence-electron chi connectivity index (χ2n) is 5.69. The number of piperidine rings is 2. The number of benzene rings is 1. The molecule has 2 saturated heterocycles. The third-order valence-electron chi connectivity index (χ3n) is 4.50. The Morgan fingerprint density at radius 2 is 1.62 bits per heavy atom. The molecule has 1 aromatic rings. The minimum absolute atomic E-state index is 0.155. The lowest BCUT2D eigenvalue weighted by Crippen LogP contribution is -2.56. The number of sulfonamides is 1. The lowest BCUT2D eigenvalue weighted by atomic mass is 9.77. The van der Waals surface area contributed by atoms with Gasteiger partial charge in [-0.2, -0.15) is 4.31 Å². The molecule has 1 saturated carbocycles. The van der Waals surface area contributed by atoms with Gasteiger partial charge in [0, 0.05) is 12.1 Å². The van der Waals surface area contributed by atoms with Crippen molar-refractivity contribution < 1.29 is 13.2 Å². The first-order chi connectivity index (χ1) is 10.0. The number of nitrogens with zero attached hydrogens (tertiary/aromatic N) is 1. The van der Waals surface area contributed by atoms with Crippen molar-refractivity contribution in [2.75, 3.05) is 0 Å². The quantitative estimate of drug-likeness (QED) is 0.789. The molecule has 1 aliphatic carbocycles. The monoisotopic (exact) mass is 309 g/mol. The van der Waals surface area contributed by atoms with E-state index in [2.05, 4.69) is 6.92 Å². The number of hydrogen-bond donors (Lipinski definition) is 0. The molecule has 1 aromatic carbocycles. The fourth-order valence-electron chi connectivity index (χ4n) is 3.51. The molecule has 2 aliphatic heterocycles. The maximum Gasteiger partial charge on any atom is 0.243 e. The predicted octanol–water partition coefficient (Wildman–Crippen LogP) is 2.84. The highest BCUT2D eigenvalue weighted by Crippen LogP contribution is 2.42. The van der Waals surface area contributed by atoms with Crippen molar-refractivity contribution in [3.63, 3.8) is 0 Å². The van der Waals surface area contributed by atoms with Crippen LogP contribution in [0.1, 0.15) is 39.5 Å². The van der Waals surface area contributed by atoms with E-state index in [0.29, 0.717) is 10.8 Å². The van der Waals surface area contributed by atoms with Crippen LogP contribution in [-0.2, 0) is 14.8 Å². The molecule has 3 aliphatic rings. The first-order valence-corrected chi connectivity index (χ1v) is 8.94. The van der Waals surface area contributed by atoms with Crippen LogP contribution in [0.2, 0.25) is 0 Å². The van der Waals surface area contributed by atoms with Crippen molar-refractivity contribution in [3.8, 4) is 0 Å². The fourth-order valence-corrected chi connectivity index (χ4v) is 5.47. The molecule has 4 nitrogen and oxygen atoms in total. The Morgan fingerprint density at radius 1 is 1.10 bits per heavy atom. The van der Waals surface area contributed by atoms with Crippen LogP contribution < -0.4 is 0 Å². The Kier molecular flexibility index (Phi) is 5.17. The van der Waals surface area contributed by atoms with E-state index in [0.717, 1.165) is 19.1 Å². The van der Waals surface area contributed by atoms with Gasteiger partial charge in [-0.25, -0.2) is 8.42 Å². The molecule has 4 rings (SSSR count). The SMILES string of the molecule is CC1C2CCC(CC2)N1S(=O)(=O)c1ccccc1.CC=O. The number of carbonyl (C=O) groups excluding carboxylic acids is 1. The van der Waals surface area contributed by atoms with Gasteiger partial charge in [-0.1, -0.05) is 18.2 Å². The highest BCUT2D eigenvalue weighted by atomic mass is 32.2. The topological polar surface area (TPSA) is 54.5 Å². The van der Waals surface area contributed by atoms with Crippen LogP contribution in [0.25, 0.3) is 0 Å². The summed E-state index contributed by atoms with van der Waals surface area (Å²) in [4.78, 5) is 9.24. The summed E-state index contributed by atoms with van der Waals surface area (Å²) in [6.07, 6.45) is 5.18. The molecule has 0 radical (unpaired) electrons. The van der Waals surface area contributed by atoms with Crippen molar-refractivity contribution >= 4 is 16.3 Å². The highest BCUT2D eigenvalue weighted by Gasteiger charge is 2.45. The molecule has 0 N–H and O–H groups in total. The van der Waals surface area contributed by atoms with Gasteiger partial charge in [0.1, 0.15) is 6.29 Å². The summed E-state index contributed by atoms with van der Waals surface area (Å²) in [6.45, 7) is 3.51. The van der Waals surface area contributed by atoms with E-state index >= 15 is 0 Å². The Morgan fingerprint density at radius 3 is 2.10 bits per heavy atom. The number of rotatable bonds is 2. The second kappa shape index (κ2) is 6.71. The number of carbonyl (C=O) groups is 1. The molecule has 0 aromatic heterocycles. The molecule has 116 valence electrons. The highest BCUT2D eigenvalue weighted by molar-refractivity contribution is 7.89. The molecular weight excluding hydrogens is 286 g/mol. The van der Waals surface area contributed by atoms with Crippen LogP contribution in [-0.4, -0.2) is 31.1 Å². The Labute approximate surface area is 127 Å². The van der Waals surface area contributed by atoms with Gasteiger partial charge in [0.2, 0.25) is 10.0 Å². The number of fused-ring (bicyclic) bond motifs is 3. The molecule has 1 unspecified atom stereocenters. The molecule has 21 heavy (non-hydrogen) atoms. The fraction of sp³-hybridized carbons (Fsp3) is 0.562. The van der Waals surface area contributed by atoms with Gasteiger partial charge in [-0.15, -0.1) is 0 Å². The molecular formula is C16H23NO3S. The zero-order valence-electron chi connectivity index (χ0n) is 12.6. The first-order valence-electron chi connectivity index (χ1n) is 7.50. The predicted molar refractivity (Wildman–Crippen MR) is 82.4 cm³/mol. The molecule has 5 heteroatoms. The van der Waals surface area contributed by atoms with Crippen LogP contribution in [0.3, 0.4) is 0 Å². The second-order valence-corrected chi connectivity index (χ2v) is 7.54. The zero-order chi connectivity index (χ0) is 15.5. The largest absolute Gasteiger partial charge is 0.304 e. The lowest BCUT2D eigenvalue weighted by molar-refractivity contribution is -0.106. The average Bonchev–Trinajstić information content (AvgIpc) is 2.50.